The number of esters is 1. The Morgan fingerprint density at radius 2 is 1.92 bits per heavy atom. The minimum absolute atomic E-state index is 0.0404. The summed E-state index contributed by atoms with van der Waals surface area (Å²) in [6, 6.07) is 7.49. The molecule has 11 nitrogen and oxygen atoms in total. The van der Waals surface area contributed by atoms with E-state index in [1.165, 1.54) is 7.11 Å². The van der Waals surface area contributed by atoms with E-state index < -0.39 is 47.7 Å². The summed E-state index contributed by atoms with van der Waals surface area (Å²) in [7, 11) is 1.51. The van der Waals surface area contributed by atoms with Crippen LogP contribution in [0.15, 0.2) is 55.6 Å². The number of allylic oxidation sites excluding steroid dienone is 1. The Bertz CT molecular complexity index is 1330. The van der Waals surface area contributed by atoms with E-state index in [2.05, 4.69) is 41.3 Å². The summed E-state index contributed by atoms with van der Waals surface area (Å²) in [5.41, 5.74) is -0.574. The normalized spacial score (nSPS) is 26.3. The molecule has 50 heavy (non-hydrogen) atoms. The van der Waals surface area contributed by atoms with Gasteiger partial charge in [0.2, 0.25) is 17.7 Å². The third-order valence-electron chi connectivity index (χ3n) is 10.0. The lowest BCUT2D eigenvalue weighted by Gasteiger charge is -2.37. The van der Waals surface area contributed by atoms with E-state index in [0.29, 0.717) is 57.3 Å². The van der Waals surface area contributed by atoms with Crippen LogP contribution in [0.3, 0.4) is 0 Å². The van der Waals surface area contributed by atoms with Gasteiger partial charge < -0.3 is 34.4 Å². The Hall–Kier alpha value is -3.06. The zero-order valence-corrected chi connectivity index (χ0v) is 31.1. The highest BCUT2D eigenvalue weighted by molar-refractivity contribution is 9.09. The lowest BCUT2D eigenvalue weighted by atomic mass is 9.70. The van der Waals surface area contributed by atoms with Gasteiger partial charge in [0, 0.05) is 44.6 Å². The number of likely N-dealkylation sites (tertiary alicyclic amines) is 1. The fraction of sp³-hybridized carbons (Fsp3) is 0.632. The smallest absolute Gasteiger partial charge is 0.313 e. The Balaban J connectivity index is 1.69. The van der Waals surface area contributed by atoms with Gasteiger partial charge >= 0.3 is 5.97 Å². The lowest BCUT2D eigenvalue weighted by molar-refractivity contribution is -0.163. The summed E-state index contributed by atoms with van der Waals surface area (Å²) >= 11 is 3.75. The molecule has 1 unspecified atom stereocenters. The van der Waals surface area contributed by atoms with Crippen LogP contribution < -0.4 is 5.32 Å². The van der Waals surface area contributed by atoms with Crippen molar-refractivity contribution in [1.82, 2.24) is 15.1 Å². The first-order valence-electron chi connectivity index (χ1n) is 18.0. The largest absolute Gasteiger partial charge is 0.455 e. The van der Waals surface area contributed by atoms with E-state index >= 15 is 0 Å². The van der Waals surface area contributed by atoms with E-state index in [1.54, 1.807) is 22.0 Å². The van der Waals surface area contributed by atoms with E-state index in [1.807, 2.05) is 30.3 Å². The van der Waals surface area contributed by atoms with Crippen LogP contribution in [-0.2, 0) is 33.4 Å². The van der Waals surface area contributed by atoms with Crippen LogP contribution in [0, 0.1) is 11.8 Å². The molecule has 12 heteroatoms. The first kappa shape index (κ1) is 39.7. The highest BCUT2D eigenvalue weighted by Gasteiger charge is 2.77. The summed E-state index contributed by atoms with van der Waals surface area (Å²) in [5, 5.41) is 12.3. The number of carbonyl (C=O) groups is 4. The number of hydrogen-bond acceptors (Lipinski definition) is 8. The van der Waals surface area contributed by atoms with Gasteiger partial charge in [0.05, 0.1) is 30.6 Å². The molecule has 2 bridgehead atoms. The van der Waals surface area contributed by atoms with Crippen molar-refractivity contribution in [1.29, 1.82) is 0 Å². The minimum atomic E-state index is -1.23. The van der Waals surface area contributed by atoms with Gasteiger partial charge in [-0.05, 0) is 44.1 Å². The van der Waals surface area contributed by atoms with Crippen molar-refractivity contribution in [2.24, 2.45) is 11.8 Å². The molecule has 0 aliphatic carbocycles. The zero-order chi connectivity index (χ0) is 36.3. The van der Waals surface area contributed by atoms with Gasteiger partial charge in [-0.25, -0.2) is 0 Å². The van der Waals surface area contributed by atoms with Crippen LogP contribution in [0.5, 0.6) is 0 Å². The molecule has 3 aliphatic rings. The van der Waals surface area contributed by atoms with Gasteiger partial charge in [-0.1, -0.05) is 78.2 Å². The van der Waals surface area contributed by atoms with Crippen LogP contribution in [0.1, 0.15) is 76.4 Å². The van der Waals surface area contributed by atoms with Crippen molar-refractivity contribution in [2.45, 2.75) is 99.4 Å². The summed E-state index contributed by atoms with van der Waals surface area (Å²) in [5.74, 6) is -3.30. The zero-order valence-electron chi connectivity index (χ0n) is 29.5. The van der Waals surface area contributed by atoms with Gasteiger partial charge in [-0.3, -0.25) is 19.2 Å². The monoisotopic (exact) mass is 759 g/mol. The first-order chi connectivity index (χ1) is 24.2. The number of rotatable bonds is 22. The number of alkyl halides is 1. The summed E-state index contributed by atoms with van der Waals surface area (Å²) in [4.78, 5) is 59.5. The number of halogens is 1. The number of aliphatic hydroxyl groups excluding tert-OH is 1. The number of ether oxygens (including phenoxy) is 3. The number of nitrogens with one attached hydrogen (secondary N) is 1. The molecule has 1 aromatic rings. The molecule has 0 radical (unpaired) electrons. The van der Waals surface area contributed by atoms with Crippen LogP contribution in [-0.4, -0.2) is 107 Å². The molecule has 3 fully saturated rings. The molecule has 3 amide bonds. The number of methoxy groups -OCH3 is 1. The minimum Gasteiger partial charge on any atom is -0.455 e. The number of amides is 3. The highest BCUT2D eigenvalue weighted by Crippen LogP contribution is 2.60. The molecular weight excluding hydrogens is 706 g/mol. The second-order valence-corrected chi connectivity index (χ2v) is 14.7. The summed E-state index contributed by atoms with van der Waals surface area (Å²) in [6.07, 6.45) is 7.44. The third-order valence-corrected chi connectivity index (χ3v) is 10.9. The number of aliphatic hydroxyl groups is 1. The Morgan fingerprint density at radius 3 is 2.58 bits per heavy atom. The van der Waals surface area contributed by atoms with E-state index in [4.69, 9.17) is 14.2 Å². The van der Waals surface area contributed by atoms with E-state index in [-0.39, 0.29) is 42.2 Å². The fourth-order valence-corrected chi connectivity index (χ4v) is 8.73. The predicted octanol–water partition coefficient (Wildman–Crippen LogP) is 4.48. The topological polar surface area (TPSA) is 135 Å². The first-order valence-corrected chi connectivity index (χ1v) is 18.9. The standard InChI is InChI=1S/C38H54BrN3O8/c1-5-8-14-21-41(20-7-3)36(46)34-38-24-27(39)33(50-38)30(31(38)35(45)42(34)22-15-11-16-23-43)37(47)49-32(26-17-12-10-13-18-26)28(25-48-4)40-29(44)19-9-6-2/h6-7,10,12-13,17-18,27-28,30-34,43H,2-3,5,8-9,11,14-16,19-25H2,1,4H3,(H,40,44)/t27?,28-,30-,31+,32-,33-,34-,38+/m0/s1. The van der Waals surface area contributed by atoms with Crippen molar-refractivity contribution >= 4 is 39.6 Å². The molecule has 0 saturated carbocycles. The molecule has 1 spiro atoms. The van der Waals surface area contributed by atoms with Crippen LogP contribution >= 0.6 is 15.9 Å². The molecule has 4 rings (SSSR count). The van der Waals surface area contributed by atoms with Crippen LogP contribution in [0.4, 0.5) is 0 Å². The molecule has 2 N–H and O–H groups in total. The van der Waals surface area contributed by atoms with Gasteiger partial charge in [-0.15, -0.1) is 13.2 Å². The second kappa shape index (κ2) is 19.0. The Kier molecular flexibility index (Phi) is 15.1. The Morgan fingerprint density at radius 1 is 1.16 bits per heavy atom. The molecule has 276 valence electrons. The van der Waals surface area contributed by atoms with E-state index in [9.17, 15) is 24.3 Å². The average Bonchev–Trinajstić information content (AvgIpc) is 3.70. The molecule has 3 aliphatic heterocycles. The molecule has 3 heterocycles. The number of benzene rings is 1. The van der Waals surface area contributed by atoms with Crippen molar-refractivity contribution in [3.05, 3.63) is 61.2 Å². The Labute approximate surface area is 304 Å². The van der Waals surface area contributed by atoms with Crippen LogP contribution in [0.25, 0.3) is 0 Å². The summed E-state index contributed by atoms with van der Waals surface area (Å²) in [6.45, 7) is 10.9. The lowest BCUT2D eigenvalue weighted by Crippen LogP contribution is -2.57. The SMILES string of the molecule is C=CCCC(=O)N[C@@H](COC)[C@@H](OC(=O)[C@@H]1[C@H]2O[C@@]3(CC2Br)[C@H](C(=O)N(CC=C)CCCCC)N(CCCCCO)C(=O)[C@@H]13)c1ccccc1. The molecule has 0 aromatic heterocycles. The van der Waals surface area contributed by atoms with Gasteiger partial charge in [-0.2, -0.15) is 0 Å². The number of carbonyl (C=O) groups excluding carboxylic acids is 4. The maximum atomic E-state index is 14.6. The van der Waals surface area contributed by atoms with Gasteiger partial charge in [0.25, 0.3) is 0 Å². The van der Waals surface area contributed by atoms with E-state index in [0.717, 1.165) is 19.3 Å². The van der Waals surface area contributed by atoms with Crippen LogP contribution in [0.2, 0.25) is 0 Å². The summed E-state index contributed by atoms with van der Waals surface area (Å²) < 4.78 is 18.5. The highest BCUT2D eigenvalue weighted by atomic mass is 79.9. The van der Waals surface area contributed by atoms with Gasteiger partial charge in [0.15, 0.2) is 0 Å². The average molecular weight is 761 g/mol. The number of nitrogens with zero attached hydrogens (tertiary/aromatic N) is 2. The maximum Gasteiger partial charge on any atom is 0.313 e. The quantitative estimate of drug-likeness (QED) is 0.0766. The fourth-order valence-electron chi connectivity index (χ4n) is 7.79. The van der Waals surface area contributed by atoms with Crippen molar-refractivity contribution in [2.75, 3.05) is 40.0 Å². The molecule has 3 saturated heterocycles. The molecular formula is C38H54BrN3O8. The van der Waals surface area contributed by atoms with Crippen molar-refractivity contribution < 1.29 is 38.5 Å². The molecule has 1 aromatic carbocycles. The van der Waals surface area contributed by atoms with Crippen molar-refractivity contribution in [3.63, 3.8) is 0 Å². The van der Waals surface area contributed by atoms with Gasteiger partial charge in [0.1, 0.15) is 17.7 Å². The number of unbranched alkanes of at least 4 members (excludes halogenated alkanes) is 4. The molecule has 8 atom stereocenters. The second-order valence-electron chi connectivity index (χ2n) is 13.5. The maximum absolute atomic E-state index is 14.6. The predicted molar refractivity (Wildman–Crippen MR) is 193 cm³/mol. The van der Waals surface area contributed by atoms with Crippen molar-refractivity contribution in [3.8, 4) is 0 Å². The number of hydrogen-bond donors (Lipinski definition) is 2. The number of fused-ring (bicyclic) bond motifs is 1. The third kappa shape index (κ3) is 8.69.